The fourth-order valence-corrected chi connectivity index (χ4v) is 6.11. The molecule has 0 radical (unpaired) electrons. The number of halogens is 3. The molecule has 1 amide bonds. The van der Waals surface area contributed by atoms with Crippen molar-refractivity contribution in [1.82, 2.24) is 15.3 Å². The van der Waals surface area contributed by atoms with Crippen LogP contribution in [0.3, 0.4) is 0 Å². The summed E-state index contributed by atoms with van der Waals surface area (Å²) in [7, 11) is 1.69. The summed E-state index contributed by atoms with van der Waals surface area (Å²) in [5.41, 5.74) is 3.26. The van der Waals surface area contributed by atoms with Crippen LogP contribution in [-0.4, -0.2) is 29.0 Å². The molecule has 0 spiro atoms. The quantitative estimate of drug-likeness (QED) is 0.194. The standard InChI is InChI=1S/C17H20BrN3O2.C10H7ClINO/c1-19-17(23)10-2-5-12(6-3-10)20-15-9-16(22)21-14-7-4-11(18)8-13(14)15;1-5-2-6(12)3-7-8(11)4-9(14)13-10(5)7/h4,7-10,12H,2-3,5-6H2,1H3,(H,19,23)(H2,20,21,22);2-4H,1H3,(H,13,14)/t10-,12+;. The Labute approximate surface area is 241 Å². The van der Waals surface area contributed by atoms with Crippen molar-refractivity contribution in [2.24, 2.45) is 5.92 Å². The number of hydrogen-bond acceptors (Lipinski definition) is 4. The van der Waals surface area contributed by atoms with E-state index in [2.05, 4.69) is 59.1 Å². The van der Waals surface area contributed by atoms with Crippen LogP contribution in [0, 0.1) is 16.4 Å². The summed E-state index contributed by atoms with van der Waals surface area (Å²) in [5, 5.41) is 8.62. The number of rotatable bonds is 3. The lowest BCUT2D eigenvalue weighted by Gasteiger charge is -2.29. The largest absolute Gasteiger partial charge is 0.382 e. The zero-order valence-corrected chi connectivity index (χ0v) is 24.9. The van der Waals surface area contributed by atoms with Gasteiger partial charge in [0.25, 0.3) is 0 Å². The molecule has 1 aliphatic carbocycles. The van der Waals surface area contributed by atoms with Crippen LogP contribution in [-0.2, 0) is 4.79 Å². The van der Waals surface area contributed by atoms with E-state index >= 15 is 0 Å². The molecule has 0 saturated heterocycles. The van der Waals surface area contributed by atoms with Gasteiger partial charge >= 0.3 is 0 Å². The van der Waals surface area contributed by atoms with E-state index in [4.69, 9.17) is 11.6 Å². The Kier molecular flexibility index (Phi) is 8.97. The van der Waals surface area contributed by atoms with Gasteiger partial charge < -0.3 is 20.6 Å². The Morgan fingerprint density at radius 2 is 1.70 bits per heavy atom. The lowest BCUT2D eigenvalue weighted by atomic mass is 9.85. The van der Waals surface area contributed by atoms with Gasteiger partial charge in [0.15, 0.2) is 0 Å². The van der Waals surface area contributed by atoms with E-state index in [0.717, 1.165) is 66.8 Å². The third-order valence-electron chi connectivity index (χ3n) is 6.57. The van der Waals surface area contributed by atoms with Gasteiger partial charge in [-0.25, -0.2) is 0 Å². The smallest absolute Gasteiger partial charge is 0.250 e. The van der Waals surface area contributed by atoms with Crippen LogP contribution in [0.15, 0.2) is 56.5 Å². The van der Waals surface area contributed by atoms with Crippen LogP contribution in [0.25, 0.3) is 21.8 Å². The number of aromatic nitrogens is 2. The average molecular weight is 698 g/mol. The third kappa shape index (κ3) is 6.74. The predicted octanol–water partition coefficient (Wildman–Crippen LogP) is 6.10. The molecule has 2 aromatic carbocycles. The number of aryl methyl sites for hydroxylation is 1. The van der Waals surface area contributed by atoms with Crippen LogP contribution >= 0.6 is 50.1 Å². The van der Waals surface area contributed by atoms with Gasteiger partial charge in [0.05, 0.1) is 16.1 Å². The van der Waals surface area contributed by atoms with Crippen molar-refractivity contribution in [2.45, 2.75) is 38.6 Å². The molecule has 37 heavy (non-hydrogen) atoms. The van der Waals surface area contributed by atoms with Gasteiger partial charge in [-0.3, -0.25) is 14.4 Å². The van der Waals surface area contributed by atoms with Crippen molar-refractivity contribution >= 4 is 83.5 Å². The minimum Gasteiger partial charge on any atom is -0.382 e. The Hall–Kier alpha value is -2.37. The first-order valence-electron chi connectivity index (χ1n) is 11.9. The fraction of sp³-hybridized carbons (Fsp3) is 0.296. The highest BCUT2D eigenvalue weighted by molar-refractivity contribution is 14.1. The van der Waals surface area contributed by atoms with Gasteiger partial charge in [0, 0.05) is 55.6 Å². The van der Waals surface area contributed by atoms with Gasteiger partial charge in [-0.15, -0.1) is 0 Å². The highest BCUT2D eigenvalue weighted by Gasteiger charge is 2.25. The molecule has 2 aromatic heterocycles. The van der Waals surface area contributed by atoms with E-state index in [-0.39, 0.29) is 22.9 Å². The second-order valence-corrected chi connectivity index (χ2v) is 11.7. The molecule has 0 aliphatic heterocycles. The molecule has 0 bridgehead atoms. The molecule has 194 valence electrons. The Morgan fingerprint density at radius 1 is 1.00 bits per heavy atom. The Balaban J connectivity index is 0.000000195. The molecule has 2 heterocycles. The van der Waals surface area contributed by atoms with Crippen LogP contribution in [0.5, 0.6) is 0 Å². The maximum atomic E-state index is 11.9. The molecule has 0 unspecified atom stereocenters. The fourth-order valence-electron chi connectivity index (χ4n) is 4.72. The molecule has 1 saturated carbocycles. The number of fused-ring (bicyclic) bond motifs is 2. The van der Waals surface area contributed by atoms with Crippen molar-refractivity contribution in [2.75, 3.05) is 12.4 Å². The Bertz CT molecular complexity index is 1580. The molecule has 0 atom stereocenters. The number of hydrogen-bond donors (Lipinski definition) is 4. The topological polar surface area (TPSA) is 107 Å². The monoisotopic (exact) mass is 696 g/mol. The van der Waals surface area contributed by atoms with E-state index in [1.807, 2.05) is 37.3 Å². The van der Waals surface area contributed by atoms with Gasteiger partial charge in [0.2, 0.25) is 17.0 Å². The second-order valence-electron chi connectivity index (χ2n) is 9.17. The summed E-state index contributed by atoms with van der Waals surface area (Å²) in [6.45, 7) is 1.96. The molecule has 4 aromatic rings. The van der Waals surface area contributed by atoms with E-state index < -0.39 is 0 Å². The van der Waals surface area contributed by atoms with Gasteiger partial charge in [-0.1, -0.05) is 27.5 Å². The van der Waals surface area contributed by atoms with E-state index in [0.29, 0.717) is 11.1 Å². The number of nitrogens with one attached hydrogen (secondary N) is 4. The first kappa shape index (κ1) is 27.7. The summed E-state index contributed by atoms with van der Waals surface area (Å²) in [4.78, 5) is 40.4. The number of H-pyrrole nitrogens is 2. The first-order valence-corrected chi connectivity index (χ1v) is 14.2. The van der Waals surface area contributed by atoms with Crippen molar-refractivity contribution in [3.63, 3.8) is 0 Å². The lowest BCUT2D eigenvalue weighted by molar-refractivity contribution is -0.125. The van der Waals surface area contributed by atoms with Crippen LogP contribution in [0.4, 0.5) is 5.69 Å². The van der Waals surface area contributed by atoms with Gasteiger partial charge in [0.1, 0.15) is 0 Å². The zero-order chi connectivity index (χ0) is 26.7. The number of aromatic amines is 2. The minimum atomic E-state index is -0.160. The number of carbonyl (C=O) groups is 1. The molecule has 1 fully saturated rings. The maximum absolute atomic E-state index is 11.9. The van der Waals surface area contributed by atoms with Gasteiger partial charge in [-0.05, 0) is 91.1 Å². The van der Waals surface area contributed by atoms with E-state index in [1.54, 1.807) is 13.1 Å². The maximum Gasteiger partial charge on any atom is 0.250 e. The normalized spacial score (nSPS) is 17.2. The highest BCUT2D eigenvalue weighted by Crippen LogP contribution is 2.30. The SMILES string of the molecule is CNC(=O)[C@H]1CC[C@@H](Nc2cc(=O)[nH]c3ccc(Br)cc23)CC1.Cc1cc(I)cc2c(Cl)cc(=O)[nH]c12. The average Bonchev–Trinajstić information content (AvgIpc) is 2.85. The molecule has 5 rings (SSSR count). The third-order valence-corrected chi connectivity index (χ3v) is 8.00. The number of anilines is 1. The first-order chi connectivity index (χ1) is 17.6. The van der Waals surface area contributed by atoms with E-state index in [1.165, 1.54) is 6.07 Å². The molecule has 1 aliphatic rings. The summed E-state index contributed by atoms with van der Waals surface area (Å²) in [6.07, 6.45) is 3.62. The van der Waals surface area contributed by atoms with Crippen molar-refractivity contribution < 1.29 is 4.79 Å². The van der Waals surface area contributed by atoms with Crippen LogP contribution in [0.2, 0.25) is 5.02 Å². The van der Waals surface area contributed by atoms with Crippen LogP contribution in [0.1, 0.15) is 31.2 Å². The summed E-state index contributed by atoms with van der Waals surface area (Å²) in [5.74, 6) is 0.247. The Morgan fingerprint density at radius 3 is 2.41 bits per heavy atom. The molecule has 10 heteroatoms. The molecule has 7 nitrogen and oxygen atoms in total. The van der Waals surface area contributed by atoms with Crippen molar-refractivity contribution in [1.29, 1.82) is 0 Å². The van der Waals surface area contributed by atoms with Gasteiger partial charge in [-0.2, -0.15) is 0 Å². The van der Waals surface area contributed by atoms with Crippen molar-refractivity contribution in [3.05, 3.63) is 81.8 Å². The molecular weight excluding hydrogens is 671 g/mol. The highest BCUT2D eigenvalue weighted by atomic mass is 127. The zero-order valence-electron chi connectivity index (χ0n) is 20.4. The summed E-state index contributed by atoms with van der Waals surface area (Å²) in [6, 6.07) is 13.1. The minimum absolute atomic E-state index is 0.110. The molecular formula is C27H27BrClIN4O3. The summed E-state index contributed by atoms with van der Waals surface area (Å²) >= 11 is 11.7. The second kappa shape index (κ2) is 12.0. The predicted molar refractivity (Wildman–Crippen MR) is 163 cm³/mol. The number of benzene rings is 2. The number of pyridine rings is 2. The number of carbonyl (C=O) groups excluding carboxylic acids is 1. The lowest BCUT2D eigenvalue weighted by Crippen LogP contribution is -2.34. The number of amides is 1. The molecule has 4 N–H and O–H groups in total. The van der Waals surface area contributed by atoms with Crippen LogP contribution < -0.4 is 21.8 Å². The van der Waals surface area contributed by atoms with E-state index in [9.17, 15) is 14.4 Å². The summed E-state index contributed by atoms with van der Waals surface area (Å²) < 4.78 is 2.09. The van der Waals surface area contributed by atoms with Crippen molar-refractivity contribution in [3.8, 4) is 0 Å².